The van der Waals surface area contributed by atoms with Crippen LogP contribution < -0.4 is 0 Å². The van der Waals surface area contributed by atoms with Crippen molar-refractivity contribution in [1.82, 2.24) is 25.1 Å². The van der Waals surface area contributed by atoms with Crippen LogP contribution in [0.15, 0.2) is 59.1 Å². The fourth-order valence-electron chi connectivity index (χ4n) is 2.31. The molecule has 0 bridgehead atoms. The first-order valence-corrected chi connectivity index (χ1v) is 8.46. The molecule has 4 aromatic rings. The molecule has 2 N–H and O–H groups in total. The van der Waals surface area contributed by atoms with Gasteiger partial charge in [-0.1, -0.05) is 36.4 Å². The first-order chi connectivity index (χ1) is 11.8. The molecule has 3 heterocycles. The Morgan fingerprint density at radius 2 is 2.00 bits per heavy atom. The Kier molecular flexibility index (Phi) is 3.89. The zero-order chi connectivity index (χ0) is 16.4. The first-order valence-electron chi connectivity index (χ1n) is 7.17. The molecule has 0 unspecified atom stereocenters. The standard InChI is InChI=1S/C16H12N6S2/c23-16-21-20-15(13-7-4-8-24-13)22(16)18-10-12-9-17-19-14(12)11-5-2-1-3-6-11/h1-10H,(H,17,19)(H,21,23)/b18-10-. The van der Waals surface area contributed by atoms with Crippen molar-refractivity contribution < 1.29 is 0 Å². The van der Waals surface area contributed by atoms with Gasteiger partial charge in [0.2, 0.25) is 4.77 Å². The summed E-state index contributed by atoms with van der Waals surface area (Å²) in [5.74, 6) is 0.691. The highest BCUT2D eigenvalue weighted by atomic mass is 32.1. The van der Waals surface area contributed by atoms with Gasteiger partial charge >= 0.3 is 0 Å². The average Bonchev–Trinajstić information content (AvgIpc) is 3.35. The fraction of sp³-hybridized carbons (Fsp3) is 0. The van der Waals surface area contributed by atoms with Crippen LogP contribution in [0.2, 0.25) is 0 Å². The molecule has 0 aliphatic rings. The van der Waals surface area contributed by atoms with E-state index in [1.165, 1.54) is 0 Å². The number of thiophene rings is 1. The lowest BCUT2D eigenvalue weighted by molar-refractivity contribution is 0.873. The van der Waals surface area contributed by atoms with Crippen molar-refractivity contribution in [2.24, 2.45) is 5.10 Å². The summed E-state index contributed by atoms with van der Waals surface area (Å²) in [7, 11) is 0. The van der Waals surface area contributed by atoms with E-state index in [-0.39, 0.29) is 0 Å². The molecule has 0 fully saturated rings. The van der Waals surface area contributed by atoms with E-state index in [1.54, 1.807) is 28.4 Å². The molecule has 1 aromatic carbocycles. The largest absolute Gasteiger partial charge is 0.277 e. The van der Waals surface area contributed by atoms with Crippen molar-refractivity contribution in [3.8, 4) is 22.0 Å². The lowest BCUT2D eigenvalue weighted by Crippen LogP contribution is -1.94. The maximum absolute atomic E-state index is 5.28. The lowest BCUT2D eigenvalue weighted by atomic mass is 10.1. The summed E-state index contributed by atoms with van der Waals surface area (Å²) < 4.78 is 2.06. The second-order valence-electron chi connectivity index (χ2n) is 4.95. The van der Waals surface area contributed by atoms with E-state index in [0.717, 1.165) is 21.7 Å². The number of nitrogens with one attached hydrogen (secondary N) is 2. The third-order valence-electron chi connectivity index (χ3n) is 3.44. The molecular weight excluding hydrogens is 340 g/mol. The molecule has 3 aromatic heterocycles. The molecular formula is C16H12N6S2. The molecule has 118 valence electrons. The minimum Gasteiger partial charge on any atom is -0.277 e. The Labute approximate surface area is 146 Å². The zero-order valence-electron chi connectivity index (χ0n) is 12.4. The maximum Gasteiger partial charge on any atom is 0.216 e. The summed E-state index contributed by atoms with van der Waals surface area (Å²) in [6.07, 6.45) is 3.47. The fourth-order valence-corrected chi connectivity index (χ4v) is 3.19. The number of hydrogen-bond acceptors (Lipinski definition) is 5. The van der Waals surface area contributed by atoms with Crippen LogP contribution in [0.3, 0.4) is 0 Å². The summed E-state index contributed by atoms with van der Waals surface area (Å²) in [6.45, 7) is 0. The van der Waals surface area contributed by atoms with Crippen LogP contribution in [0, 0.1) is 4.77 Å². The molecule has 8 heteroatoms. The second-order valence-corrected chi connectivity index (χ2v) is 6.29. The van der Waals surface area contributed by atoms with Crippen molar-refractivity contribution >= 4 is 29.8 Å². The highest BCUT2D eigenvalue weighted by Gasteiger charge is 2.10. The summed E-state index contributed by atoms with van der Waals surface area (Å²) in [6, 6.07) is 13.9. The number of hydrogen-bond donors (Lipinski definition) is 2. The number of rotatable bonds is 4. The molecule has 0 spiro atoms. The van der Waals surface area contributed by atoms with Gasteiger partial charge < -0.3 is 0 Å². The van der Waals surface area contributed by atoms with Crippen LogP contribution in [0.4, 0.5) is 0 Å². The van der Waals surface area contributed by atoms with Crippen LogP contribution in [-0.2, 0) is 0 Å². The van der Waals surface area contributed by atoms with Crippen LogP contribution >= 0.6 is 23.6 Å². The van der Waals surface area contributed by atoms with Crippen molar-refractivity contribution in [1.29, 1.82) is 0 Å². The summed E-state index contributed by atoms with van der Waals surface area (Å²) in [4.78, 5) is 0.995. The van der Waals surface area contributed by atoms with Gasteiger partial charge in [-0.05, 0) is 23.7 Å². The highest BCUT2D eigenvalue weighted by molar-refractivity contribution is 7.71. The van der Waals surface area contributed by atoms with Crippen LogP contribution in [0.1, 0.15) is 5.56 Å². The summed E-state index contributed by atoms with van der Waals surface area (Å²) in [5, 5.41) is 20.7. The Balaban J connectivity index is 1.72. The average molecular weight is 352 g/mol. The van der Waals surface area contributed by atoms with Gasteiger partial charge in [0.05, 0.1) is 23.0 Å². The summed E-state index contributed by atoms with van der Waals surface area (Å²) >= 11 is 6.87. The van der Waals surface area contributed by atoms with E-state index in [4.69, 9.17) is 12.2 Å². The number of aromatic nitrogens is 5. The number of aromatic amines is 2. The Bertz CT molecular complexity index is 1020. The minimum absolute atomic E-state index is 0.444. The number of benzene rings is 1. The Morgan fingerprint density at radius 3 is 2.79 bits per heavy atom. The van der Waals surface area contributed by atoms with Crippen LogP contribution in [0.5, 0.6) is 0 Å². The van der Waals surface area contributed by atoms with Gasteiger partial charge in [0, 0.05) is 11.1 Å². The van der Waals surface area contributed by atoms with E-state index in [2.05, 4.69) is 25.5 Å². The third kappa shape index (κ3) is 2.72. The van der Waals surface area contributed by atoms with Crippen LogP contribution in [0.25, 0.3) is 22.0 Å². The van der Waals surface area contributed by atoms with E-state index in [0.29, 0.717) is 10.6 Å². The highest BCUT2D eigenvalue weighted by Crippen LogP contribution is 2.23. The van der Waals surface area contributed by atoms with Crippen LogP contribution in [-0.4, -0.2) is 31.3 Å². The van der Waals surface area contributed by atoms with Gasteiger partial charge in [-0.3, -0.25) is 5.10 Å². The number of nitrogens with zero attached hydrogens (tertiary/aromatic N) is 4. The van der Waals surface area contributed by atoms with Gasteiger partial charge in [0.15, 0.2) is 5.82 Å². The quantitative estimate of drug-likeness (QED) is 0.431. The first kappa shape index (κ1) is 14.7. The SMILES string of the molecule is S=c1[nH]nc(-c2cccs2)n1/N=C\c1cn[nH]c1-c1ccccc1. The molecule has 0 saturated carbocycles. The minimum atomic E-state index is 0.444. The van der Waals surface area contributed by atoms with E-state index in [9.17, 15) is 0 Å². The van der Waals surface area contributed by atoms with Crippen molar-refractivity contribution in [3.05, 3.63) is 64.4 Å². The lowest BCUT2D eigenvalue weighted by Gasteiger charge is -2.00. The smallest absolute Gasteiger partial charge is 0.216 e. The molecule has 4 rings (SSSR count). The normalized spacial score (nSPS) is 11.3. The molecule has 0 atom stereocenters. The second kappa shape index (κ2) is 6.34. The third-order valence-corrected chi connectivity index (χ3v) is 4.57. The summed E-state index contributed by atoms with van der Waals surface area (Å²) in [5.41, 5.74) is 2.83. The molecule has 6 nitrogen and oxygen atoms in total. The Morgan fingerprint density at radius 1 is 1.12 bits per heavy atom. The van der Waals surface area contributed by atoms with Gasteiger partial charge in [-0.2, -0.15) is 20.0 Å². The molecule has 0 aliphatic heterocycles. The van der Waals surface area contributed by atoms with E-state index in [1.807, 2.05) is 47.8 Å². The molecule has 0 amide bonds. The monoisotopic (exact) mass is 352 g/mol. The molecule has 0 aliphatic carbocycles. The number of H-pyrrole nitrogens is 2. The molecule has 0 saturated heterocycles. The molecule has 0 radical (unpaired) electrons. The van der Waals surface area contributed by atoms with E-state index < -0.39 is 0 Å². The Hall–Kier alpha value is -2.84. The van der Waals surface area contributed by atoms with Gasteiger partial charge in [-0.15, -0.1) is 11.3 Å². The van der Waals surface area contributed by atoms with Gasteiger partial charge in [-0.25, -0.2) is 5.10 Å². The predicted octanol–water partition coefficient (Wildman–Crippen LogP) is 3.94. The van der Waals surface area contributed by atoms with Gasteiger partial charge in [0.25, 0.3) is 0 Å². The van der Waals surface area contributed by atoms with Crippen molar-refractivity contribution in [3.63, 3.8) is 0 Å². The van der Waals surface area contributed by atoms with Crippen molar-refractivity contribution in [2.45, 2.75) is 0 Å². The zero-order valence-corrected chi connectivity index (χ0v) is 14.0. The topological polar surface area (TPSA) is 74.7 Å². The maximum atomic E-state index is 5.28. The van der Waals surface area contributed by atoms with Gasteiger partial charge in [0.1, 0.15) is 0 Å². The van der Waals surface area contributed by atoms with Crippen molar-refractivity contribution in [2.75, 3.05) is 0 Å². The van der Waals surface area contributed by atoms with E-state index >= 15 is 0 Å². The molecule has 24 heavy (non-hydrogen) atoms. The predicted molar refractivity (Wildman–Crippen MR) is 97.7 cm³/mol.